The van der Waals surface area contributed by atoms with Gasteiger partial charge < -0.3 is 57.2 Å². The molecule has 57 heavy (non-hydrogen) atoms. The Morgan fingerprint density at radius 3 is 1.30 bits per heavy atom. The summed E-state index contributed by atoms with van der Waals surface area (Å²) >= 11 is 0. The molecule has 4 fully saturated rings. The van der Waals surface area contributed by atoms with Crippen molar-refractivity contribution in [1.82, 2.24) is 0 Å². The first kappa shape index (κ1) is 50.4. The summed E-state index contributed by atoms with van der Waals surface area (Å²) in [5.41, 5.74) is 0. The molecular weight excluding hydrogens is 756 g/mol. The van der Waals surface area contributed by atoms with Crippen LogP contribution in [0.3, 0.4) is 0 Å². The summed E-state index contributed by atoms with van der Waals surface area (Å²) in [6.07, 6.45) is -6.48. The monoisotopic (exact) mass is 820 g/mol. The fraction of sp³-hybridized carbons (Fsp3) is 0.897. The summed E-state index contributed by atoms with van der Waals surface area (Å²) in [7, 11) is 3.23. The van der Waals surface area contributed by atoms with Crippen molar-refractivity contribution in [2.24, 2.45) is 41.4 Å². The molecule has 4 saturated heterocycles. The lowest BCUT2D eigenvalue weighted by Crippen LogP contribution is -2.61. The van der Waals surface area contributed by atoms with Crippen molar-refractivity contribution in [3.05, 3.63) is 0 Å². The molecular formula is C39H64O18. The van der Waals surface area contributed by atoms with Crippen molar-refractivity contribution in [3.63, 3.8) is 0 Å². The molecule has 0 bridgehead atoms. The normalized spacial score (nSPS) is 43.1. The number of aliphatic hydroxyl groups excluding tert-OH is 1. The third-order valence-corrected chi connectivity index (χ3v) is 11.9. The van der Waals surface area contributed by atoms with E-state index >= 15 is 0 Å². The highest BCUT2D eigenvalue weighted by atomic mass is 16.8. The van der Waals surface area contributed by atoms with Crippen LogP contribution in [0.4, 0.5) is 0 Å². The lowest BCUT2D eigenvalue weighted by Gasteiger charge is -2.51. The highest BCUT2D eigenvalue weighted by molar-refractivity contribution is 5.66. The van der Waals surface area contributed by atoms with E-state index in [0.717, 1.165) is 0 Å². The van der Waals surface area contributed by atoms with Gasteiger partial charge in [0.05, 0.1) is 36.6 Å². The average Bonchev–Trinajstić information content (AvgIpc) is 3.15. The van der Waals surface area contributed by atoms with Gasteiger partial charge in [-0.05, 0) is 31.6 Å². The lowest BCUT2D eigenvalue weighted by molar-refractivity contribution is -0.365. The van der Waals surface area contributed by atoms with E-state index in [0.29, 0.717) is 0 Å². The van der Waals surface area contributed by atoms with E-state index < -0.39 is 92.0 Å². The van der Waals surface area contributed by atoms with Crippen LogP contribution in [0.15, 0.2) is 0 Å². The molecule has 0 aromatic carbocycles. The highest BCUT2D eigenvalue weighted by Crippen LogP contribution is 2.42. The van der Waals surface area contributed by atoms with E-state index in [1.54, 1.807) is 14.2 Å². The Kier molecular flexibility index (Phi) is 21.0. The molecule has 328 valence electrons. The van der Waals surface area contributed by atoms with Gasteiger partial charge in [-0.25, -0.2) is 0 Å². The zero-order valence-electron chi connectivity index (χ0n) is 35.3. The Bertz CT molecular complexity index is 1290. The van der Waals surface area contributed by atoms with Crippen molar-refractivity contribution in [3.8, 4) is 0 Å². The molecule has 0 radical (unpaired) electrons. The standard InChI is InChI=1S/C37H64O14.2CO2/c1-16-19(4)35(45-23(8)29(16)40)49-31-18(3)21(6)36(48-28(31)15-44-26(11)39)51-33-24(9)46-37(22(7)32(33)41-12)50-30-17(2)20(5)34(42-13)47-27(30)14-43-25(10)38;2*2-1-3/h16-24,27-37,40H,14-15H2,1-13H3;;/t16-,17-,18?,19?,20?,21?,22?,23?,24+,27?,28+,29+,30+,31+,32?,33-,34+,35+,36-,37+;;/m1../s1. The smallest absolute Gasteiger partial charge is 0.373 e. The summed E-state index contributed by atoms with van der Waals surface area (Å²) < 4.78 is 67.9. The van der Waals surface area contributed by atoms with Crippen LogP contribution in [0.2, 0.25) is 0 Å². The second-order valence-corrected chi connectivity index (χ2v) is 15.5. The molecule has 0 aromatic rings. The van der Waals surface area contributed by atoms with Crippen LogP contribution in [0.25, 0.3) is 0 Å². The number of carbonyl (C=O) groups is 2. The zero-order valence-corrected chi connectivity index (χ0v) is 35.3. The minimum Gasteiger partial charge on any atom is -0.463 e. The SMILES string of the molecule is COC1C(C)[C@H](O[C@@H]2C(COC(C)=O)O[C@H](OC)C(C)[C@H]2C)O[C@@H](C)[C@H]1O[C@H]1O[C@@H](COC(C)=O)[C@@H](O[C@@H]2OC(C)[C@@H](O)[C@H](C)C2C)C(C)C1C.O=C=O.O=C=O. The topological polar surface area (TPSA) is 224 Å². The van der Waals surface area contributed by atoms with Crippen molar-refractivity contribution in [2.75, 3.05) is 27.4 Å². The van der Waals surface area contributed by atoms with Crippen LogP contribution in [-0.2, 0) is 80.9 Å². The molecule has 18 heteroatoms. The van der Waals surface area contributed by atoms with Gasteiger partial charge in [-0.15, -0.1) is 0 Å². The number of esters is 2. The lowest BCUT2D eigenvalue weighted by atomic mass is 9.83. The molecule has 4 rings (SSSR count). The minimum atomic E-state index is -0.699. The summed E-state index contributed by atoms with van der Waals surface area (Å²) in [5, 5.41) is 10.6. The molecule has 20 atom stereocenters. The Labute approximate surface area is 335 Å². The van der Waals surface area contributed by atoms with Crippen molar-refractivity contribution < 1.29 is 86.0 Å². The van der Waals surface area contributed by atoms with Crippen LogP contribution in [0, 0.1) is 41.4 Å². The number of rotatable bonds is 12. The van der Waals surface area contributed by atoms with Crippen LogP contribution in [0.5, 0.6) is 0 Å². The third kappa shape index (κ3) is 13.1. The number of hydrogen-bond donors (Lipinski definition) is 1. The summed E-state index contributed by atoms with van der Waals surface area (Å²) in [4.78, 5) is 56.1. The summed E-state index contributed by atoms with van der Waals surface area (Å²) in [6.45, 7) is 20.7. The first-order valence-electron chi connectivity index (χ1n) is 19.4. The first-order chi connectivity index (χ1) is 26.8. The van der Waals surface area contributed by atoms with Crippen molar-refractivity contribution in [2.45, 2.75) is 156 Å². The van der Waals surface area contributed by atoms with Gasteiger partial charge in [0.2, 0.25) is 0 Å². The van der Waals surface area contributed by atoms with Crippen molar-refractivity contribution in [1.29, 1.82) is 0 Å². The number of hydrogen-bond acceptors (Lipinski definition) is 18. The zero-order chi connectivity index (χ0) is 43.3. The predicted octanol–water partition coefficient (Wildman–Crippen LogP) is 2.52. The quantitative estimate of drug-likeness (QED) is 0.279. The van der Waals surface area contributed by atoms with E-state index in [4.69, 9.17) is 71.3 Å². The second kappa shape index (κ2) is 23.8. The van der Waals surface area contributed by atoms with Gasteiger partial charge in [-0.3, -0.25) is 9.59 Å². The molecule has 0 aromatic heterocycles. The molecule has 4 aliphatic heterocycles. The molecule has 4 aliphatic rings. The molecule has 0 aliphatic carbocycles. The Balaban J connectivity index is 0.00000175. The summed E-state index contributed by atoms with van der Waals surface area (Å²) in [5.74, 6) is -1.46. The number of carbonyl (C=O) groups excluding carboxylic acids is 6. The van der Waals surface area contributed by atoms with Crippen LogP contribution in [0.1, 0.15) is 76.2 Å². The molecule has 0 amide bonds. The molecule has 8 unspecified atom stereocenters. The van der Waals surface area contributed by atoms with Gasteiger partial charge in [0, 0.05) is 51.7 Å². The predicted molar refractivity (Wildman–Crippen MR) is 192 cm³/mol. The maximum Gasteiger partial charge on any atom is 0.373 e. The number of methoxy groups -OCH3 is 2. The maximum absolute atomic E-state index is 11.9. The Morgan fingerprint density at radius 2 is 0.860 bits per heavy atom. The fourth-order valence-corrected chi connectivity index (χ4v) is 7.88. The van der Waals surface area contributed by atoms with E-state index in [2.05, 4.69) is 13.8 Å². The van der Waals surface area contributed by atoms with E-state index in [1.807, 2.05) is 48.5 Å². The first-order valence-corrected chi connectivity index (χ1v) is 19.4. The second-order valence-electron chi connectivity index (χ2n) is 15.5. The number of aliphatic hydroxyl groups is 1. The largest absolute Gasteiger partial charge is 0.463 e. The Morgan fingerprint density at radius 1 is 0.491 bits per heavy atom. The Hall–Kier alpha value is -2.70. The molecule has 0 spiro atoms. The van der Waals surface area contributed by atoms with Crippen molar-refractivity contribution >= 4 is 24.2 Å². The third-order valence-electron chi connectivity index (χ3n) is 11.9. The van der Waals surface area contributed by atoms with Crippen LogP contribution < -0.4 is 0 Å². The van der Waals surface area contributed by atoms with Gasteiger partial charge in [0.1, 0.15) is 31.5 Å². The number of ether oxygens (including phenoxy) is 11. The van der Waals surface area contributed by atoms with Gasteiger partial charge in [-0.2, -0.15) is 19.2 Å². The van der Waals surface area contributed by atoms with Gasteiger partial charge in [0.15, 0.2) is 25.2 Å². The van der Waals surface area contributed by atoms with E-state index in [-0.39, 0.29) is 66.9 Å². The molecule has 0 saturated carbocycles. The van der Waals surface area contributed by atoms with E-state index in [1.165, 1.54) is 13.8 Å². The molecule has 4 heterocycles. The van der Waals surface area contributed by atoms with Gasteiger partial charge in [-0.1, -0.05) is 48.5 Å². The van der Waals surface area contributed by atoms with Crippen LogP contribution in [-0.4, -0.2) is 137 Å². The summed E-state index contributed by atoms with van der Waals surface area (Å²) in [6, 6.07) is 0. The average molecular weight is 821 g/mol. The minimum absolute atomic E-state index is 0.00476. The maximum atomic E-state index is 11.9. The van der Waals surface area contributed by atoms with Crippen LogP contribution >= 0.6 is 0 Å². The van der Waals surface area contributed by atoms with E-state index in [9.17, 15) is 14.7 Å². The highest BCUT2D eigenvalue weighted by Gasteiger charge is 2.52. The van der Waals surface area contributed by atoms with Gasteiger partial charge >= 0.3 is 24.2 Å². The molecule has 1 N–H and O–H groups in total. The fourth-order valence-electron chi connectivity index (χ4n) is 7.88. The van der Waals surface area contributed by atoms with Gasteiger partial charge in [0.25, 0.3) is 0 Å². The molecule has 18 nitrogen and oxygen atoms in total.